The van der Waals surface area contributed by atoms with Crippen LogP contribution < -0.4 is 5.32 Å². The number of methoxy groups -OCH3 is 1. The van der Waals surface area contributed by atoms with Gasteiger partial charge in [-0.3, -0.25) is 0 Å². The molecular formula is C11H16ClN3O2. The molecule has 1 rings (SSSR count). The van der Waals surface area contributed by atoms with E-state index in [2.05, 4.69) is 20.0 Å². The van der Waals surface area contributed by atoms with Gasteiger partial charge in [0.1, 0.15) is 22.8 Å². The number of carbonyl (C=O) groups excluding carboxylic acids is 1. The normalized spacial score (nSPS) is 12.4. The summed E-state index contributed by atoms with van der Waals surface area (Å²) < 4.78 is 4.61. The summed E-state index contributed by atoms with van der Waals surface area (Å²) in [5.41, 5.74) is 0. The standard InChI is InChI=1S/C11H16ClN3O2/c1-6(2)10-14-8(12)5-9(15-10)13-7(3)11(16)17-4/h5-7H,1-4H3,(H,13,14,15). The number of hydrogen-bond acceptors (Lipinski definition) is 5. The van der Waals surface area contributed by atoms with Crippen molar-refractivity contribution in [3.63, 3.8) is 0 Å². The number of halogens is 1. The quantitative estimate of drug-likeness (QED) is 0.662. The first-order valence-corrected chi connectivity index (χ1v) is 5.70. The zero-order valence-electron chi connectivity index (χ0n) is 10.3. The number of anilines is 1. The highest BCUT2D eigenvalue weighted by molar-refractivity contribution is 6.29. The minimum absolute atomic E-state index is 0.169. The molecule has 1 heterocycles. The molecule has 0 radical (unpaired) electrons. The van der Waals surface area contributed by atoms with Gasteiger partial charge >= 0.3 is 5.97 Å². The van der Waals surface area contributed by atoms with Gasteiger partial charge in [0.2, 0.25) is 0 Å². The van der Waals surface area contributed by atoms with Crippen molar-refractivity contribution in [1.29, 1.82) is 0 Å². The van der Waals surface area contributed by atoms with Crippen molar-refractivity contribution in [3.8, 4) is 0 Å². The van der Waals surface area contributed by atoms with Gasteiger partial charge in [-0.25, -0.2) is 14.8 Å². The number of carbonyl (C=O) groups is 1. The maximum absolute atomic E-state index is 11.3. The van der Waals surface area contributed by atoms with Gasteiger partial charge in [0, 0.05) is 12.0 Å². The second-order valence-electron chi connectivity index (χ2n) is 3.98. The maximum atomic E-state index is 11.3. The summed E-state index contributed by atoms with van der Waals surface area (Å²) in [7, 11) is 1.34. The summed E-state index contributed by atoms with van der Waals surface area (Å²) in [5.74, 6) is 0.970. The van der Waals surface area contributed by atoms with E-state index in [0.717, 1.165) is 0 Å². The molecule has 1 unspecified atom stereocenters. The van der Waals surface area contributed by atoms with Gasteiger partial charge < -0.3 is 10.1 Å². The van der Waals surface area contributed by atoms with Crippen LogP contribution in [0.15, 0.2) is 6.07 Å². The van der Waals surface area contributed by atoms with Crippen molar-refractivity contribution < 1.29 is 9.53 Å². The summed E-state index contributed by atoms with van der Waals surface area (Å²) in [6.45, 7) is 5.63. The molecule has 5 nitrogen and oxygen atoms in total. The molecule has 6 heteroatoms. The molecule has 1 atom stereocenters. The van der Waals surface area contributed by atoms with Gasteiger partial charge in [0.25, 0.3) is 0 Å². The molecular weight excluding hydrogens is 242 g/mol. The van der Waals surface area contributed by atoms with Gasteiger partial charge in [-0.1, -0.05) is 25.4 Å². The molecule has 0 aliphatic rings. The molecule has 94 valence electrons. The molecule has 0 aliphatic heterocycles. The van der Waals surface area contributed by atoms with Crippen molar-refractivity contribution in [3.05, 3.63) is 17.0 Å². The Morgan fingerprint density at radius 1 is 1.41 bits per heavy atom. The van der Waals surface area contributed by atoms with Crippen LogP contribution in [0.4, 0.5) is 5.82 Å². The zero-order chi connectivity index (χ0) is 13.0. The van der Waals surface area contributed by atoms with E-state index in [9.17, 15) is 4.79 Å². The van der Waals surface area contributed by atoms with Gasteiger partial charge in [0.05, 0.1) is 7.11 Å². The van der Waals surface area contributed by atoms with Gasteiger partial charge in [-0.15, -0.1) is 0 Å². The minimum atomic E-state index is -0.481. The molecule has 0 spiro atoms. The number of rotatable bonds is 4. The van der Waals surface area contributed by atoms with Crippen LogP contribution in [-0.4, -0.2) is 29.1 Å². The fraction of sp³-hybridized carbons (Fsp3) is 0.545. The molecule has 0 fully saturated rings. The third kappa shape index (κ3) is 3.85. The van der Waals surface area contributed by atoms with Crippen molar-refractivity contribution in [2.75, 3.05) is 12.4 Å². The number of ether oxygens (including phenoxy) is 1. The van der Waals surface area contributed by atoms with Crippen LogP contribution >= 0.6 is 11.6 Å². The third-order valence-electron chi connectivity index (χ3n) is 2.15. The Bertz CT molecular complexity index is 410. The average molecular weight is 258 g/mol. The first kappa shape index (κ1) is 13.7. The third-order valence-corrected chi connectivity index (χ3v) is 2.34. The van der Waals surface area contributed by atoms with Crippen molar-refractivity contribution in [2.45, 2.75) is 32.7 Å². The van der Waals surface area contributed by atoms with E-state index < -0.39 is 6.04 Å². The summed E-state index contributed by atoms with van der Waals surface area (Å²) in [5, 5.41) is 3.27. The first-order chi connectivity index (χ1) is 7.93. The predicted molar refractivity (Wildman–Crippen MR) is 66.2 cm³/mol. The van der Waals surface area contributed by atoms with Gasteiger partial charge in [0.15, 0.2) is 0 Å². The zero-order valence-corrected chi connectivity index (χ0v) is 11.1. The molecule has 0 aliphatic carbocycles. The molecule has 0 aromatic carbocycles. The van der Waals surface area contributed by atoms with Crippen molar-refractivity contribution >= 4 is 23.4 Å². The SMILES string of the molecule is COC(=O)C(C)Nc1cc(Cl)nc(C(C)C)n1. The lowest BCUT2D eigenvalue weighted by atomic mass is 10.2. The van der Waals surface area contributed by atoms with Crippen LogP contribution in [-0.2, 0) is 9.53 Å². The number of nitrogens with one attached hydrogen (secondary N) is 1. The van der Waals surface area contributed by atoms with E-state index in [-0.39, 0.29) is 11.9 Å². The first-order valence-electron chi connectivity index (χ1n) is 5.33. The molecule has 0 bridgehead atoms. The number of nitrogens with zero attached hydrogens (tertiary/aromatic N) is 2. The lowest BCUT2D eigenvalue weighted by Gasteiger charge is -2.13. The largest absolute Gasteiger partial charge is 0.467 e. The highest BCUT2D eigenvalue weighted by Crippen LogP contribution is 2.17. The second-order valence-corrected chi connectivity index (χ2v) is 4.37. The average Bonchev–Trinajstić information content (AvgIpc) is 2.26. The summed E-state index contributed by atoms with van der Waals surface area (Å²) in [6.07, 6.45) is 0. The van der Waals surface area contributed by atoms with E-state index in [0.29, 0.717) is 16.8 Å². The Morgan fingerprint density at radius 2 is 2.06 bits per heavy atom. The Labute approximate surface area is 106 Å². The van der Waals surface area contributed by atoms with Gasteiger partial charge in [-0.2, -0.15) is 0 Å². The van der Waals surface area contributed by atoms with Crippen molar-refractivity contribution in [2.24, 2.45) is 0 Å². The lowest BCUT2D eigenvalue weighted by molar-refractivity contribution is -0.141. The molecule has 0 amide bonds. The fourth-order valence-electron chi connectivity index (χ4n) is 1.22. The van der Waals surface area contributed by atoms with Crippen LogP contribution in [0.3, 0.4) is 0 Å². The molecule has 1 N–H and O–H groups in total. The Kier molecular flexibility index (Phi) is 4.69. The highest BCUT2D eigenvalue weighted by atomic mass is 35.5. The van der Waals surface area contributed by atoms with Gasteiger partial charge in [-0.05, 0) is 6.92 Å². The van der Waals surface area contributed by atoms with Crippen LogP contribution in [0.2, 0.25) is 5.15 Å². The smallest absolute Gasteiger partial charge is 0.328 e. The number of hydrogen-bond donors (Lipinski definition) is 1. The monoisotopic (exact) mass is 257 g/mol. The second kappa shape index (κ2) is 5.82. The van der Waals surface area contributed by atoms with Crippen molar-refractivity contribution in [1.82, 2.24) is 9.97 Å². The summed E-state index contributed by atoms with van der Waals surface area (Å²) in [6, 6.07) is 1.10. The lowest BCUT2D eigenvalue weighted by Crippen LogP contribution is -2.27. The molecule has 1 aromatic rings. The van der Waals surface area contributed by atoms with Crippen LogP contribution in [0.1, 0.15) is 32.5 Å². The molecule has 17 heavy (non-hydrogen) atoms. The minimum Gasteiger partial charge on any atom is -0.467 e. The molecule has 0 saturated carbocycles. The predicted octanol–water partition coefficient (Wildman–Crippen LogP) is 2.23. The Morgan fingerprint density at radius 3 is 2.59 bits per heavy atom. The van der Waals surface area contributed by atoms with E-state index in [1.807, 2.05) is 13.8 Å². The molecule has 1 aromatic heterocycles. The van der Waals surface area contributed by atoms with E-state index in [4.69, 9.17) is 11.6 Å². The highest BCUT2D eigenvalue weighted by Gasteiger charge is 2.14. The van der Waals surface area contributed by atoms with E-state index in [1.54, 1.807) is 13.0 Å². The fourth-order valence-corrected chi connectivity index (χ4v) is 1.41. The summed E-state index contributed by atoms with van der Waals surface area (Å²) in [4.78, 5) is 19.6. The summed E-state index contributed by atoms with van der Waals surface area (Å²) >= 11 is 5.88. The van der Waals surface area contributed by atoms with Crippen LogP contribution in [0.5, 0.6) is 0 Å². The Balaban J connectivity index is 2.87. The maximum Gasteiger partial charge on any atom is 0.328 e. The van der Waals surface area contributed by atoms with Crippen LogP contribution in [0, 0.1) is 0 Å². The van der Waals surface area contributed by atoms with E-state index in [1.165, 1.54) is 7.11 Å². The molecule has 0 saturated heterocycles. The topological polar surface area (TPSA) is 64.1 Å². The number of aromatic nitrogens is 2. The Hall–Kier alpha value is -1.36. The number of esters is 1. The van der Waals surface area contributed by atoms with Crippen LogP contribution in [0.25, 0.3) is 0 Å². The van der Waals surface area contributed by atoms with E-state index >= 15 is 0 Å².